The van der Waals surface area contributed by atoms with Crippen molar-refractivity contribution in [1.82, 2.24) is 25.1 Å². The van der Waals surface area contributed by atoms with Crippen LogP contribution in [0, 0.1) is 0 Å². The lowest BCUT2D eigenvalue weighted by Crippen LogP contribution is -2.44. The van der Waals surface area contributed by atoms with Crippen molar-refractivity contribution in [2.75, 3.05) is 38.1 Å². The molecule has 0 amide bonds. The van der Waals surface area contributed by atoms with Crippen LogP contribution in [0.1, 0.15) is 28.0 Å². The molecular formula is C26H24F2N6O. The van der Waals surface area contributed by atoms with Crippen LogP contribution in [0.3, 0.4) is 0 Å². The van der Waals surface area contributed by atoms with E-state index in [4.69, 9.17) is 0 Å². The summed E-state index contributed by atoms with van der Waals surface area (Å²) in [5.41, 5.74) is 2.98. The summed E-state index contributed by atoms with van der Waals surface area (Å²) in [4.78, 5) is 25.9. The van der Waals surface area contributed by atoms with Gasteiger partial charge in [-0.1, -0.05) is 6.07 Å². The van der Waals surface area contributed by atoms with Crippen molar-refractivity contribution in [2.45, 2.75) is 12.8 Å². The van der Waals surface area contributed by atoms with E-state index in [1.54, 1.807) is 30.6 Å². The van der Waals surface area contributed by atoms with E-state index in [0.717, 1.165) is 42.9 Å². The first-order valence-electron chi connectivity index (χ1n) is 11.4. The predicted octanol–water partition coefficient (Wildman–Crippen LogP) is 4.20. The summed E-state index contributed by atoms with van der Waals surface area (Å²) in [7, 11) is 2.09. The lowest BCUT2D eigenvalue weighted by Gasteiger charge is -2.33. The van der Waals surface area contributed by atoms with Crippen molar-refractivity contribution in [3.05, 3.63) is 77.9 Å². The number of hydrogen-bond acceptors (Lipinski definition) is 7. The van der Waals surface area contributed by atoms with Gasteiger partial charge in [-0.2, -0.15) is 10.2 Å². The number of carbonyl (C=O) groups excluding carboxylic acids is 1. The number of anilines is 1. The second-order valence-electron chi connectivity index (χ2n) is 8.71. The Morgan fingerprint density at radius 1 is 0.971 bits per heavy atom. The van der Waals surface area contributed by atoms with Gasteiger partial charge in [0.1, 0.15) is 5.82 Å². The number of halogens is 2. The van der Waals surface area contributed by atoms with Gasteiger partial charge >= 0.3 is 0 Å². The lowest BCUT2D eigenvalue weighted by molar-refractivity contribution is 0.0991. The van der Waals surface area contributed by atoms with E-state index < -0.39 is 6.43 Å². The first-order chi connectivity index (χ1) is 17.0. The molecule has 0 unspecified atom stereocenters. The number of carbonyl (C=O) groups is 1. The second kappa shape index (κ2) is 9.79. The number of alkyl halides is 2. The fourth-order valence-electron chi connectivity index (χ4n) is 4.16. The Morgan fingerprint density at radius 3 is 2.60 bits per heavy atom. The summed E-state index contributed by atoms with van der Waals surface area (Å²) in [5.74, 6) is 0.735. The van der Waals surface area contributed by atoms with Crippen molar-refractivity contribution in [3.8, 4) is 11.1 Å². The Morgan fingerprint density at radius 2 is 1.80 bits per heavy atom. The van der Waals surface area contributed by atoms with Crippen molar-refractivity contribution >= 4 is 22.5 Å². The van der Waals surface area contributed by atoms with Crippen LogP contribution >= 0.6 is 0 Å². The third-order valence-electron chi connectivity index (χ3n) is 6.22. The van der Waals surface area contributed by atoms with Gasteiger partial charge in [-0.15, -0.1) is 0 Å². The van der Waals surface area contributed by atoms with Gasteiger partial charge < -0.3 is 9.80 Å². The lowest BCUT2D eigenvalue weighted by atomic mass is 10.0. The normalized spacial score (nSPS) is 14.6. The Balaban J connectivity index is 1.36. The highest BCUT2D eigenvalue weighted by Crippen LogP contribution is 2.27. The molecule has 5 rings (SSSR count). The van der Waals surface area contributed by atoms with Gasteiger partial charge in [0.25, 0.3) is 6.43 Å². The first-order valence-corrected chi connectivity index (χ1v) is 11.4. The van der Waals surface area contributed by atoms with E-state index in [2.05, 4.69) is 37.0 Å². The molecule has 0 atom stereocenters. The molecule has 35 heavy (non-hydrogen) atoms. The number of benzene rings is 1. The average molecular weight is 475 g/mol. The molecule has 0 bridgehead atoms. The number of nitrogens with zero attached hydrogens (tertiary/aromatic N) is 6. The molecule has 0 saturated carbocycles. The van der Waals surface area contributed by atoms with E-state index in [1.165, 1.54) is 12.3 Å². The summed E-state index contributed by atoms with van der Waals surface area (Å²) in [6.45, 7) is 3.65. The van der Waals surface area contributed by atoms with Crippen LogP contribution in [0.25, 0.3) is 22.0 Å². The Kier molecular flexibility index (Phi) is 6.41. The number of aromatic nitrogens is 4. The monoisotopic (exact) mass is 474 g/mol. The molecule has 3 aromatic heterocycles. The molecule has 1 saturated heterocycles. The molecule has 1 aliphatic heterocycles. The Bertz CT molecular complexity index is 1370. The van der Waals surface area contributed by atoms with Crippen molar-refractivity contribution in [3.63, 3.8) is 0 Å². The summed E-state index contributed by atoms with van der Waals surface area (Å²) < 4.78 is 26.2. The number of likely N-dealkylation sites (N-methyl/N-ethyl adjacent to an activating group) is 1. The zero-order chi connectivity index (χ0) is 24.4. The molecule has 1 aromatic carbocycles. The van der Waals surface area contributed by atoms with Gasteiger partial charge in [0.2, 0.25) is 0 Å². The molecule has 1 aliphatic rings. The highest BCUT2D eigenvalue weighted by Gasteiger charge is 2.17. The Labute approximate surface area is 201 Å². The van der Waals surface area contributed by atoms with Crippen LogP contribution in [0.2, 0.25) is 0 Å². The minimum Gasteiger partial charge on any atom is -0.354 e. The fourth-order valence-corrected chi connectivity index (χ4v) is 4.16. The van der Waals surface area contributed by atoms with Crippen LogP contribution in [0.4, 0.5) is 14.6 Å². The van der Waals surface area contributed by atoms with Gasteiger partial charge in [-0.05, 0) is 49.0 Å². The fraction of sp³-hybridized carbons (Fsp3) is 0.269. The maximum atomic E-state index is 13.1. The quantitative estimate of drug-likeness (QED) is 0.388. The molecule has 178 valence electrons. The number of rotatable bonds is 6. The molecule has 7 nitrogen and oxygen atoms in total. The molecular weight excluding hydrogens is 450 g/mol. The molecule has 9 heteroatoms. The number of piperazine rings is 1. The van der Waals surface area contributed by atoms with Crippen LogP contribution in [-0.4, -0.2) is 64.1 Å². The van der Waals surface area contributed by atoms with Crippen LogP contribution in [0.15, 0.2) is 61.1 Å². The molecule has 1 fully saturated rings. The number of fused-ring (bicyclic) bond motifs is 1. The summed E-state index contributed by atoms with van der Waals surface area (Å²) in [5, 5.41) is 9.24. The smallest absolute Gasteiger partial charge is 0.265 e. The van der Waals surface area contributed by atoms with E-state index in [9.17, 15) is 13.6 Å². The second-order valence-corrected chi connectivity index (χ2v) is 8.71. The zero-order valence-corrected chi connectivity index (χ0v) is 19.2. The predicted molar refractivity (Wildman–Crippen MR) is 130 cm³/mol. The van der Waals surface area contributed by atoms with Crippen LogP contribution in [0.5, 0.6) is 0 Å². The standard InChI is InChI=1S/C26H24F2N6O/c1-33-6-8-34(9-7-33)25-13-18(4-5-30-25)24(35)14-22-12-19-10-17(2-3-23(19)32-31-22)20-11-21(26(27)28)16-29-15-20/h2-5,10-13,15-16,26H,6-9,14H2,1H3. The topological polar surface area (TPSA) is 75.1 Å². The number of Topliss-reactive ketones (excluding diaryl/α,β-unsaturated/α-hetero) is 1. The number of pyridine rings is 2. The van der Waals surface area contributed by atoms with Crippen molar-refractivity contribution in [1.29, 1.82) is 0 Å². The SMILES string of the molecule is CN1CCN(c2cc(C(=O)Cc3cc4cc(-c5cncc(C(F)F)c5)ccc4nn3)ccn2)CC1. The van der Waals surface area contributed by atoms with E-state index >= 15 is 0 Å². The third kappa shape index (κ3) is 5.14. The molecule has 0 radical (unpaired) electrons. The largest absolute Gasteiger partial charge is 0.354 e. The molecule has 4 heterocycles. The van der Waals surface area contributed by atoms with Crippen molar-refractivity contribution < 1.29 is 13.6 Å². The van der Waals surface area contributed by atoms with Gasteiger partial charge in [0.15, 0.2) is 5.78 Å². The average Bonchev–Trinajstić information content (AvgIpc) is 2.89. The Hall–Kier alpha value is -3.85. The molecule has 4 aromatic rings. The van der Waals surface area contributed by atoms with Gasteiger partial charge in [-0.3, -0.25) is 9.78 Å². The highest BCUT2D eigenvalue weighted by atomic mass is 19.3. The molecule has 0 spiro atoms. The van der Waals surface area contributed by atoms with Gasteiger partial charge in [0.05, 0.1) is 17.6 Å². The number of hydrogen-bond donors (Lipinski definition) is 0. The highest BCUT2D eigenvalue weighted by molar-refractivity contribution is 5.98. The van der Waals surface area contributed by atoms with Gasteiger partial charge in [0, 0.05) is 66.8 Å². The minimum absolute atomic E-state index is 0.0681. The molecule has 0 aliphatic carbocycles. The maximum Gasteiger partial charge on any atom is 0.265 e. The summed E-state index contributed by atoms with van der Waals surface area (Å²) in [6.07, 6.45) is 1.89. The maximum absolute atomic E-state index is 13.1. The summed E-state index contributed by atoms with van der Waals surface area (Å²) >= 11 is 0. The van der Waals surface area contributed by atoms with E-state index in [1.807, 2.05) is 18.2 Å². The first kappa shape index (κ1) is 22.9. The van der Waals surface area contributed by atoms with E-state index in [0.29, 0.717) is 22.3 Å². The third-order valence-corrected chi connectivity index (χ3v) is 6.22. The van der Waals surface area contributed by atoms with Crippen LogP contribution < -0.4 is 4.90 Å². The van der Waals surface area contributed by atoms with E-state index in [-0.39, 0.29) is 17.8 Å². The minimum atomic E-state index is -2.59. The van der Waals surface area contributed by atoms with Crippen LogP contribution in [-0.2, 0) is 6.42 Å². The molecule has 0 N–H and O–H groups in total. The van der Waals surface area contributed by atoms with Crippen molar-refractivity contribution in [2.24, 2.45) is 0 Å². The summed E-state index contributed by atoms with van der Waals surface area (Å²) in [6, 6.07) is 12.2. The van der Waals surface area contributed by atoms with Gasteiger partial charge in [-0.25, -0.2) is 13.8 Å². The number of ketones is 1. The zero-order valence-electron chi connectivity index (χ0n) is 19.2.